The Labute approximate surface area is 212 Å². The minimum atomic E-state index is -3.65. The van der Waals surface area contributed by atoms with Crippen molar-refractivity contribution >= 4 is 27.4 Å². The second-order valence-electron chi connectivity index (χ2n) is 8.78. The average molecular weight is 510 g/mol. The fraction of sp³-hybridized carbons (Fsp3) is 0.346. The van der Waals surface area contributed by atoms with Crippen LogP contribution < -0.4 is 15.0 Å². The predicted molar refractivity (Wildman–Crippen MR) is 139 cm³/mol. The van der Waals surface area contributed by atoms with Crippen molar-refractivity contribution in [2.75, 3.05) is 43.5 Å². The van der Waals surface area contributed by atoms with Crippen molar-refractivity contribution in [1.29, 1.82) is 0 Å². The molecule has 2 aromatic carbocycles. The minimum Gasteiger partial charge on any atom is -0.497 e. The molecule has 1 fully saturated rings. The topological polar surface area (TPSA) is 105 Å². The number of hydrogen-bond acceptors (Lipinski definition) is 7. The van der Waals surface area contributed by atoms with Crippen LogP contribution in [0.5, 0.6) is 5.75 Å². The molecule has 9 nitrogen and oxygen atoms in total. The fourth-order valence-electron chi connectivity index (χ4n) is 4.34. The molecule has 190 valence electrons. The maximum atomic E-state index is 13.2. The van der Waals surface area contributed by atoms with Crippen molar-refractivity contribution in [3.8, 4) is 5.75 Å². The number of amides is 1. The third-order valence-corrected chi connectivity index (χ3v) is 8.11. The highest BCUT2D eigenvalue weighted by atomic mass is 32.2. The molecule has 36 heavy (non-hydrogen) atoms. The fourth-order valence-corrected chi connectivity index (χ4v) is 5.76. The molecule has 1 aromatic heterocycles. The number of sulfonamides is 1. The third kappa shape index (κ3) is 5.66. The Bertz CT molecular complexity index is 1330. The number of ether oxygens (including phenoxy) is 1. The van der Waals surface area contributed by atoms with Crippen LogP contribution in [-0.4, -0.2) is 61.9 Å². The highest BCUT2D eigenvalue weighted by molar-refractivity contribution is 7.89. The summed E-state index contributed by atoms with van der Waals surface area (Å²) in [5.41, 5.74) is 3.64. The van der Waals surface area contributed by atoms with Crippen molar-refractivity contribution in [3.05, 3.63) is 71.2 Å². The molecule has 0 bridgehead atoms. The van der Waals surface area contributed by atoms with E-state index in [2.05, 4.69) is 15.2 Å². The summed E-state index contributed by atoms with van der Waals surface area (Å²) in [6.07, 6.45) is 0.671. The highest BCUT2D eigenvalue weighted by Gasteiger charge is 2.30. The number of nitrogens with one attached hydrogen (secondary N) is 1. The van der Waals surface area contributed by atoms with E-state index in [9.17, 15) is 13.2 Å². The Hall–Kier alpha value is -3.50. The molecule has 1 aliphatic rings. The van der Waals surface area contributed by atoms with Gasteiger partial charge in [-0.15, -0.1) is 0 Å². The van der Waals surface area contributed by atoms with E-state index in [-0.39, 0.29) is 10.8 Å². The van der Waals surface area contributed by atoms with Crippen LogP contribution in [0, 0.1) is 13.8 Å². The van der Waals surface area contributed by atoms with Crippen molar-refractivity contribution in [2.45, 2.75) is 32.1 Å². The van der Waals surface area contributed by atoms with E-state index >= 15 is 0 Å². The Morgan fingerprint density at radius 2 is 1.61 bits per heavy atom. The normalized spacial score (nSPS) is 14.5. The van der Waals surface area contributed by atoms with Crippen LogP contribution in [0.1, 0.15) is 29.6 Å². The zero-order chi connectivity index (χ0) is 25.9. The monoisotopic (exact) mass is 509 g/mol. The first-order valence-corrected chi connectivity index (χ1v) is 13.2. The molecule has 0 unspecified atom stereocenters. The number of nitrogens with zero attached hydrogens (tertiary/aromatic N) is 4. The van der Waals surface area contributed by atoms with Gasteiger partial charge in [-0.25, -0.2) is 18.4 Å². The van der Waals surface area contributed by atoms with Crippen molar-refractivity contribution < 1.29 is 17.9 Å². The molecule has 3 aromatic rings. The molecule has 1 saturated heterocycles. The first-order valence-electron chi connectivity index (χ1n) is 11.8. The van der Waals surface area contributed by atoms with Crippen molar-refractivity contribution in [3.63, 3.8) is 0 Å². The molecule has 1 amide bonds. The Kier molecular flexibility index (Phi) is 7.56. The number of hydrogen-bond donors (Lipinski definition) is 1. The SMILES string of the molecule is COc1ccc(Cc2c(C)nc(C)nc2N2CCN(S(=O)(=O)c3ccc(NC(C)=O)cc3)CC2)cc1. The van der Waals surface area contributed by atoms with Gasteiger partial charge in [0.1, 0.15) is 17.4 Å². The molecular formula is C26H31N5O4S. The van der Waals surface area contributed by atoms with Crippen LogP contribution in [0.2, 0.25) is 0 Å². The van der Waals surface area contributed by atoms with Gasteiger partial charge in [-0.3, -0.25) is 4.79 Å². The van der Waals surface area contributed by atoms with Crippen LogP contribution in [0.4, 0.5) is 11.5 Å². The van der Waals surface area contributed by atoms with Gasteiger partial charge in [-0.05, 0) is 55.8 Å². The number of piperazine rings is 1. The number of benzene rings is 2. The molecule has 4 rings (SSSR count). The molecule has 0 spiro atoms. The van der Waals surface area contributed by atoms with Crippen LogP contribution >= 0.6 is 0 Å². The van der Waals surface area contributed by atoms with Gasteiger partial charge in [0, 0.05) is 56.5 Å². The first kappa shape index (κ1) is 25.6. The van der Waals surface area contributed by atoms with Gasteiger partial charge in [-0.2, -0.15) is 4.31 Å². The maximum absolute atomic E-state index is 13.2. The van der Waals surface area contributed by atoms with E-state index in [1.54, 1.807) is 19.2 Å². The zero-order valence-electron chi connectivity index (χ0n) is 21.0. The summed E-state index contributed by atoms with van der Waals surface area (Å²) in [5, 5.41) is 2.65. The number of aryl methyl sites for hydroxylation is 2. The summed E-state index contributed by atoms with van der Waals surface area (Å²) < 4.78 is 33.2. The summed E-state index contributed by atoms with van der Waals surface area (Å²) in [7, 11) is -2.00. The first-order chi connectivity index (χ1) is 17.2. The third-order valence-electron chi connectivity index (χ3n) is 6.19. The Morgan fingerprint density at radius 1 is 0.972 bits per heavy atom. The smallest absolute Gasteiger partial charge is 0.243 e. The van der Waals surface area contributed by atoms with E-state index in [0.717, 1.165) is 28.4 Å². The summed E-state index contributed by atoms with van der Waals surface area (Å²) in [4.78, 5) is 22.9. The predicted octanol–water partition coefficient (Wildman–Crippen LogP) is 3.16. The molecule has 10 heteroatoms. The minimum absolute atomic E-state index is 0.205. The lowest BCUT2D eigenvalue weighted by Gasteiger charge is -2.36. The van der Waals surface area contributed by atoms with Gasteiger partial charge in [0.05, 0.1) is 12.0 Å². The van der Waals surface area contributed by atoms with Gasteiger partial charge >= 0.3 is 0 Å². The van der Waals surface area contributed by atoms with Gasteiger partial charge in [0.15, 0.2) is 0 Å². The summed E-state index contributed by atoms with van der Waals surface area (Å²) in [5.74, 6) is 2.14. The molecule has 0 aliphatic carbocycles. The molecule has 0 atom stereocenters. The maximum Gasteiger partial charge on any atom is 0.243 e. The average Bonchev–Trinajstić information content (AvgIpc) is 2.86. The summed E-state index contributed by atoms with van der Waals surface area (Å²) >= 11 is 0. The lowest BCUT2D eigenvalue weighted by Crippen LogP contribution is -2.49. The molecule has 0 radical (unpaired) electrons. The molecule has 1 aliphatic heterocycles. The van der Waals surface area contributed by atoms with Crippen LogP contribution in [0.3, 0.4) is 0 Å². The number of methoxy groups -OCH3 is 1. The standard InChI is InChI=1S/C26H31N5O4S/c1-18-25(17-21-5-9-23(35-4)10-6-21)26(28-19(2)27-18)30-13-15-31(16-14-30)36(33,34)24-11-7-22(8-12-24)29-20(3)32/h5-12H,13-17H2,1-4H3,(H,29,32). The van der Waals surface area contributed by atoms with Gasteiger partial charge in [-0.1, -0.05) is 12.1 Å². The van der Waals surface area contributed by atoms with Crippen molar-refractivity contribution in [1.82, 2.24) is 14.3 Å². The molecule has 0 saturated carbocycles. The lowest BCUT2D eigenvalue weighted by atomic mass is 10.0. The summed E-state index contributed by atoms with van der Waals surface area (Å²) in [6, 6.07) is 14.2. The molecular weight excluding hydrogens is 478 g/mol. The zero-order valence-corrected chi connectivity index (χ0v) is 21.8. The second kappa shape index (κ2) is 10.6. The van der Waals surface area contributed by atoms with Gasteiger partial charge in [0.25, 0.3) is 0 Å². The Morgan fingerprint density at radius 3 is 2.19 bits per heavy atom. The van der Waals surface area contributed by atoms with E-state index in [1.165, 1.54) is 23.4 Å². The number of anilines is 2. The number of carbonyl (C=O) groups is 1. The number of rotatable bonds is 7. The van der Waals surface area contributed by atoms with E-state index in [1.807, 2.05) is 38.1 Å². The number of aromatic nitrogens is 2. The van der Waals surface area contributed by atoms with E-state index in [4.69, 9.17) is 9.72 Å². The van der Waals surface area contributed by atoms with Crippen LogP contribution in [0.25, 0.3) is 0 Å². The summed E-state index contributed by atoms with van der Waals surface area (Å²) in [6.45, 7) is 7.01. The largest absolute Gasteiger partial charge is 0.497 e. The van der Waals surface area contributed by atoms with Crippen LogP contribution in [0.15, 0.2) is 53.4 Å². The van der Waals surface area contributed by atoms with Crippen molar-refractivity contribution in [2.24, 2.45) is 0 Å². The second-order valence-corrected chi connectivity index (χ2v) is 10.7. The van der Waals surface area contributed by atoms with Gasteiger partial charge < -0.3 is 15.0 Å². The lowest BCUT2D eigenvalue weighted by molar-refractivity contribution is -0.114. The van der Waals surface area contributed by atoms with Crippen LogP contribution in [-0.2, 0) is 21.2 Å². The Balaban J connectivity index is 1.50. The van der Waals surface area contributed by atoms with E-state index < -0.39 is 10.0 Å². The van der Waals surface area contributed by atoms with Gasteiger partial charge in [0.2, 0.25) is 15.9 Å². The van der Waals surface area contributed by atoms with E-state index in [0.29, 0.717) is 44.1 Å². The molecule has 2 heterocycles. The highest BCUT2D eigenvalue weighted by Crippen LogP contribution is 2.27. The number of carbonyl (C=O) groups excluding carboxylic acids is 1. The molecule has 1 N–H and O–H groups in total. The quantitative estimate of drug-likeness (QED) is 0.522.